The number of aliphatic carboxylic acids is 1. The van der Waals surface area contributed by atoms with Gasteiger partial charge in [-0.1, -0.05) is 94.2 Å². The topological polar surface area (TPSA) is 37.3 Å². The van der Waals surface area contributed by atoms with Gasteiger partial charge in [0, 0.05) is 6.42 Å². The van der Waals surface area contributed by atoms with Crippen molar-refractivity contribution >= 4 is 5.97 Å². The minimum atomic E-state index is -0.712. The molecule has 0 unspecified atom stereocenters. The molecule has 0 heterocycles. The van der Waals surface area contributed by atoms with Gasteiger partial charge in [0.25, 0.3) is 0 Å². The van der Waals surface area contributed by atoms with E-state index in [0.717, 1.165) is 32.1 Å². The molecule has 0 aromatic rings. The molecule has 0 aliphatic carbocycles. The minimum Gasteiger partial charge on any atom is -0.481 e. The molecule has 2 heteroatoms. The third kappa shape index (κ3) is 31.9. The highest BCUT2D eigenvalue weighted by Gasteiger charge is 1.92. The molecule has 160 valence electrons. The van der Waals surface area contributed by atoms with E-state index in [1.54, 1.807) is 0 Å². The summed E-state index contributed by atoms with van der Waals surface area (Å²) in [5.74, 6) is -0.712. The number of allylic oxidation sites excluding steroid dienone is 9. The molecule has 0 rings (SSSR count). The number of rotatable bonds is 17. The van der Waals surface area contributed by atoms with Crippen LogP contribution in [0.3, 0.4) is 0 Å². The number of hydrogen-bond donors (Lipinski definition) is 1. The second kappa shape index (κ2) is 27.4. The second-order valence-corrected chi connectivity index (χ2v) is 6.81. The normalized spacial score (nSPS) is 11.5. The number of unbranched alkanes of at least 4 members (excludes halogenated alkanes) is 6. The van der Waals surface area contributed by atoms with E-state index in [-0.39, 0.29) is 6.42 Å². The summed E-state index contributed by atoms with van der Waals surface area (Å²) >= 11 is 0. The van der Waals surface area contributed by atoms with Crippen LogP contribution in [0.25, 0.3) is 0 Å². The van der Waals surface area contributed by atoms with E-state index in [4.69, 9.17) is 5.11 Å². The number of carboxylic acid groups (broad SMARTS) is 1. The first-order valence-electron chi connectivity index (χ1n) is 11.1. The van der Waals surface area contributed by atoms with Crippen LogP contribution >= 0.6 is 0 Å². The Hall–Kier alpha value is -1.83. The maximum Gasteiger partial charge on any atom is 0.303 e. The van der Waals surface area contributed by atoms with Gasteiger partial charge >= 0.3 is 5.97 Å². The van der Waals surface area contributed by atoms with Gasteiger partial charge in [-0.05, 0) is 51.4 Å². The van der Waals surface area contributed by atoms with E-state index in [9.17, 15) is 4.79 Å². The third-order valence-corrected chi connectivity index (χ3v) is 3.98. The lowest BCUT2D eigenvalue weighted by Crippen LogP contribution is -1.92. The Morgan fingerprint density at radius 1 is 0.679 bits per heavy atom. The molecule has 0 aliphatic rings. The second-order valence-electron chi connectivity index (χ2n) is 6.81. The highest BCUT2D eigenvalue weighted by atomic mass is 16.4. The lowest BCUT2D eigenvalue weighted by atomic mass is 10.2. The monoisotopic (exact) mass is 388 g/mol. The van der Waals surface area contributed by atoms with Crippen molar-refractivity contribution < 1.29 is 9.90 Å². The van der Waals surface area contributed by atoms with Crippen molar-refractivity contribution in [3.63, 3.8) is 0 Å². The molecule has 0 aromatic heterocycles. The van der Waals surface area contributed by atoms with Gasteiger partial charge in [-0.2, -0.15) is 0 Å². The quantitative estimate of drug-likeness (QED) is 0.200. The van der Waals surface area contributed by atoms with Gasteiger partial charge in [-0.25, -0.2) is 0 Å². The van der Waals surface area contributed by atoms with Crippen LogP contribution in [0.4, 0.5) is 0 Å². The lowest BCUT2D eigenvalue weighted by molar-refractivity contribution is -0.137. The zero-order valence-electron chi connectivity index (χ0n) is 18.5. The summed E-state index contributed by atoms with van der Waals surface area (Å²) in [5.41, 5.74) is 0. The summed E-state index contributed by atoms with van der Waals surface area (Å²) in [6.07, 6.45) is 33.1. The van der Waals surface area contributed by atoms with E-state index in [2.05, 4.69) is 69.0 Å². The fraction of sp³-hybridized carbons (Fsp3) is 0.577. The van der Waals surface area contributed by atoms with Crippen LogP contribution in [0.15, 0.2) is 61.3 Å². The van der Waals surface area contributed by atoms with Gasteiger partial charge in [-0.15, -0.1) is 6.58 Å². The number of hydrogen-bond acceptors (Lipinski definition) is 1. The summed E-state index contributed by atoms with van der Waals surface area (Å²) in [7, 11) is 0. The molecule has 0 amide bonds. The Morgan fingerprint density at radius 2 is 1.14 bits per heavy atom. The maximum absolute atomic E-state index is 10.3. The van der Waals surface area contributed by atoms with E-state index in [1.165, 1.54) is 44.9 Å². The fourth-order valence-electron chi connectivity index (χ4n) is 2.28. The molecule has 0 atom stereocenters. The third-order valence-electron chi connectivity index (χ3n) is 3.98. The highest BCUT2D eigenvalue weighted by molar-refractivity contribution is 5.66. The van der Waals surface area contributed by atoms with Crippen molar-refractivity contribution in [1.82, 2.24) is 0 Å². The van der Waals surface area contributed by atoms with Crippen LogP contribution in [-0.4, -0.2) is 11.1 Å². The molecular weight excluding hydrogens is 344 g/mol. The summed E-state index contributed by atoms with van der Waals surface area (Å²) in [6.45, 7) is 8.01. The predicted molar refractivity (Wildman–Crippen MR) is 126 cm³/mol. The Kier molecular flexibility index (Phi) is 27.8. The number of carbonyl (C=O) groups is 1. The summed E-state index contributed by atoms with van der Waals surface area (Å²) < 4.78 is 0. The molecule has 0 spiro atoms. The molecule has 0 bridgehead atoms. The SMILES string of the molecule is C=CCCCC.CCCCCC=CCC=CCC=CCC=CCCCC(=O)O. The van der Waals surface area contributed by atoms with Crippen molar-refractivity contribution in [3.05, 3.63) is 61.3 Å². The molecule has 0 aliphatic heterocycles. The molecule has 0 saturated heterocycles. The first-order chi connectivity index (χ1) is 13.7. The zero-order chi connectivity index (χ0) is 21.1. The molecule has 1 N–H and O–H groups in total. The first kappa shape index (κ1) is 28.4. The summed E-state index contributed by atoms with van der Waals surface area (Å²) in [4.78, 5) is 10.3. The smallest absolute Gasteiger partial charge is 0.303 e. The molecule has 0 radical (unpaired) electrons. The van der Waals surface area contributed by atoms with Gasteiger partial charge < -0.3 is 5.11 Å². The van der Waals surface area contributed by atoms with Gasteiger partial charge in [0.05, 0.1) is 0 Å². The van der Waals surface area contributed by atoms with Crippen molar-refractivity contribution in [2.24, 2.45) is 0 Å². The molecule has 0 aromatic carbocycles. The minimum absolute atomic E-state index is 0.262. The molecule has 0 saturated carbocycles. The van der Waals surface area contributed by atoms with Crippen LogP contribution < -0.4 is 0 Å². The van der Waals surface area contributed by atoms with Crippen LogP contribution in [-0.2, 0) is 4.79 Å². The molecule has 28 heavy (non-hydrogen) atoms. The predicted octanol–water partition coefficient (Wildman–Crippen LogP) is 8.58. The zero-order valence-corrected chi connectivity index (χ0v) is 18.5. The Labute approximate surface area is 174 Å². The van der Waals surface area contributed by atoms with E-state index < -0.39 is 5.97 Å². The van der Waals surface area contributed by atoms with Gasteiger partial charge in [0.1, 0.15) is 0 Å². The van der Waals surface area contributed by atoms with Crippen molar-refractivity contribution in [1.29, 1.82) is 0 Å². The lowest BCUT2D eigenvalue weighted by Gasteiger charge is -1.90. The average molecular weight is 389 g/mol. The summed E-state index contributed by atoms with van der Waals surface area (Å²) in [5, 5.41) is 8.49. The van der Waals surface area contributed by atoms with Crippen LogP contribution in [0.2, 0.25) is 0 Å². The first-order valence-corrected chi connectivity index (χ1v) is 11.1. The van der Waals surface area contributed by atoms with Crippen LogP contribution in [0.1, 0.15) is 97.3 Å². The van der Waals surface area contributed by atoms with Crippen LogP contribution in [0.5, 0.6) is 0 Å². The molecular formula is C26H44O2. The number of carboxylic acids is 1. The highest BCUT2D eigenvalue weighted by Crippen LogP contribution is 2.01. The van der Waals surface area contributed by atoms with E-state index in [1.807, 2.05) is 6.08 Å². The Morgan fingerprint density at radius 3 is 1.54 bits per heavy atom. The fourth-order valence-corrected chi connectivity index (χ4v) is 2.28. The van der Waals surface area contributed by atoms with E-state index >= 15 is 0 Å². The largest absolute Gasteiger partial charge is 0.481 e. The Balaban J connectivity index is 0. The standard InChI is InChI=1S/C20H32O2.C6H12/c1-2-3-4-5-6-7-8-9-10-11-12-13-14-15-16-17-18-19-20(21)22;1-3-5-6-4-2/h6-7,9-10,12-13,15-16H,2-5,8,11,14,17-19H2,1H3,(H,21,22);3H,1,4-6H2,2H3. The maximum atomic E-state index is 10.3. The van der Waals surface area contributed by atoms with E-state index in [0.29, 0.717) is 0 Å². The van der Waals surface area contributed by atoms with Crippen molar-refractivity contribution in [2.75, 3.05) is 0 Å². The molecule has 0 fully saturated rings. The van der Waals surface area contributed by atoms with Gasteiger partial charge in [0.15, 0.2) is 0 Å². The molecule has 2 nitrogen and oxygen atoms in total. The van der Waals surface area contributed by atoms with Gasteiger partial charge in [0.2, 0.25) is 0 Å². The van der Waals surface area contributed by atoms with Gasteiger partial charge in [-0.3, -0.25) is 4.79 Å². The summed E-state index contributed by atoms with van der Waals surface area (Å²) in [6, 6.07) is 0. The Bertz CT molecular complexity index is 441. The van der Waals surface area contributed by atoms with Crippen molar-refractivity contribution in [2.45, 2.75) is 97.3 Å². The van der Waals surface area contributed by atoms with Crippen molar-refractivity contribution in [3.8, 4) is 0 Å². The van der Waals surface area contributed by atoms with Crippen LogP contribution in [0, 0.1) is 0 Å². The average Bonchev–Trinajstić information content (AvgIpc) is 2.69.